The van der Waals surface area contributed by atoms with Crippen LogP contribution in [0.25, 0.3) is 0 Å². The molecule has 0 unspecified atom stereocenters. The first kappa shape index (κ1) is 15.2. The van der Waals surface area contributed by atoms with Crippen molar-refractivity contribution in [2.75, 3.05) is 12.4 Å². The number of aromatic carboxylic acids is 1. The highest BCUT2D eigenvalue weighted by Crippen LogP contribution is 2.16. The maximum Gasteiger partial charge on any atom is 0.335 e. The summed E-state index contributed by atoms with van der Waals surface area (Å²) in [6.45, 7) is 2.31. The van der Waals surface area contributed by atoms with Crippen LogP contribution in [0.4, 0.5) is 5.69 Å². The summed E-state index contributed by atoms with van der Waals surface area (Å²) in [6, 6.07) is 4.71. The normalized spacial score (nSPS) is 10.2. The van der Waals surface area contributed by atoms with Gasteiger partial charge in [-0.25, -0.2) is 4.79 Å². The molecule has 1 aromatic carbocycles. The number of rotatable bonds is 7. The minimum atomic E-state index is -1.03. The first-order valence-corrected chi connectivity index (χ1v) is 6.23. The van der Waals surface area contributed by atoms with Crippen molar-refractivity contribution in [2.45, 2.75) is 32.8 Å². The van der Waals surface area contributed by atoms with E-state index in [1.54, 1.807) is 6.07 Å². The minimum absolute atomic E-state index is 0.104. The van der Waals surface area contributed by atoms with Crippen molar-refractivity contribution in [1.29, 1.82) is 0 Å². The number of nitrogens with one attached hydrogen (secondary N) is 1. The SMILES string of the molecule is CCCCC(=O)Nc1cc(COC)cc(C(=O)O)c1. The molecule has 0 spiro atoms. The Kier molecular flexibility index (Phi) is 6.02. The molecule has 5 heteroatoms. The Balaban J connectivity index is 2.86. The highest BCUT2D eigenvalue weighted by Gasteiger charge is 2.09. The number of amides is 1. The monoisotopic (exact) mass is 265 g/mol. The van der Waals surface area contributed by atoms with Crippen molar-refractivity contribution in [3.63, 3.8) is 0 Å². The topological polar surface area (TPSA) is 75.6 Å². The van der Waals surface area contributed by atoms with Crippen molar-refractivity contribution in [2.24, 2.45) is 0 Å². The third-order valence-electron chi connectivity index (χ3n) is 2.59. The molecule has 0 aliphatic carbocycles. The summed E-state index contributed by atoms with van der Waals surface area (Å²) < 4.78 is 4.98. The number of carbonyl (C=O) groups is 2. The van der Waals surface area contributed by atoms with Gasteiger partial charge in [0.15, 0.2) is 0 Å². The molecule has 2 N–H and O–H groups in total. The molecule has 0 saturated heterocycles. The smallest absolute Gasteiger partial charge is 0.335 e. The zero-order valence-corrected chi connectivity index (χ0v) is 11.2. The van der Waals surface area contributed by atoms with E-state index in [4.69, 9.17) is 9.84 Å². The number of methoxy groups -OCH3 is 1. The van der Waals surface area contributed by atoms with Gasteiger partial charge >= 0.3 is 5.97 Å². The van der Waals surface area contributed by atoms with E-state index in [1.165, 1.54) is 19.2 Å². The number of carboxylic acid groups (broad SMARTS) is 1. The van der Waals surface area contributed by atoms with Gasteiger partial charge in [-0.05, 0) is 30.2 Å². The fourth-order valence-corrected chi connectivity index (χ4v) is 1.70. The maximum absolute atomic E-state index is 11.6. The molecule has 0 fully saturated rings. The molecule has 0 aliphatic rings. The molecular formula is C14H19NO4. The third-order valence-corrected chi connectivity index (χ3v) is 2.59. The van der Waals surface area contributed by atoms with Gasteiger partial charge < -0.3 is 15.2 Å². The zero-order chi connectivity index (χ0) is 14.3. The maximum atomic E-state index is 11.6. The second-order valence-corrected chi connectivity index (χ2v) is 4.31. The van der Waals surface area contributed by atoms with Gasteiger partial charge in [0, 0.05) is 19.2 Å². The van der Waals surface area contributed by atoms with Gasteiger partial charge in [0.1, 0.15) is 0 Å². The first-order chi connectivity index (χ1) is 9.06. The number of carbonyl (C=O) groups excluding carboxylic acids is 1. The van der Waals surface area contributed by atoms with Crippen LogP contribution in [0.1, 0.15) is 42.1 Å². The van der Waals surface area contributed by atoms with Crippen LogP contribution in [-0.4, -0.2) is 24.1 Å². The molecule has 0 radical (unpaired) electrons. The first-order valence-electron chi connectivity index (χ1n) is 6.23. The van der Waals surface area contributed by atoms with Crippen molar-refractivity contribution in [3.8, 4) is 0 Å². The molecule has 0 saturated carbocycles. The van der Waals surface area contributed by atoms with E-state index in [0.717, 1.165) is 12.8 Å². The molecular weight excluding hydrogens is 246 g/mol. The lowest BCUT2D eigenvalue weighted by Gasteiger charge is -2.09. The van der Waals surface area contributed by atoms with Gasteiger partial charge in [-0.1, -0.05) is 13.3 Å². The number of hydrogen-bond donors (Lipinski definition) is 2. The lowest BCUT2D eigenvalue weighted by atomic mass is 10.1. The number of carboxylic acids is 1. The van der Waals surface area contributed by atoms with E-state index in [2.05, 4.69) is 5.32 Å². The van der Waals surface area contributed by atoms with E-state index in [1.807, 2.05) is 6.92 Å². The Labute approximate surface area is 112 Å². The quantitative estimate of drug-likeness (QED) is 0.794. The Morgan fingerprint density at radius 2 is 2.05 bits per heavy atom. The van der Waals surface area contributed by atoms with Gasteiger partial charge in [-0.3, -0.25) is 4.79 Å². The van der Waals surface area contributed by atoms with E-state index in [9.17, 15) is 9.59 Å². The van der Waals surface area contributed by atoms with Crippen LogP contribution in [0, 0.1) is 0 Å². The highest BCUT2D eigenvalue weighted by molar-refractivity contribution is 5.94. The molecule has 1 amide bonds. The lowest BCUT2D eigenvalue weighted by molar-refractivity contribution is -0.116. The fraction of sp³-hybridized carbons (Fsp3) is 0.429. The van der Waals surface area contributed by atoms with E-state index < -0.39 is 5.97 Å². The average molecular weight is 265 g/mol. The molecule has 0 aliphatic heterocycles. The average Bonchev–Trinajstić information content (AvgIpc) is 2.36. The summed E-state index contributed by atoms with van der Waals surface area (Å²) in [5.41, 5.74) is 1.35. The van der Waals surface area contributed by atoms with Gasteiger partial charge in [0.2, 0.25) is 5.91 Å². The van der Waals surface area contributed by atoms with Crippen LogP contribution in [0.3, 0.4) is 0 Å². The molecule has 104 valence electrons. The molecule has 5 nitrogen and oxygen atoms in total. The summed E-state index contributed by atoms with van der Waals surface area (Å²) in [4.78, 5) is 22.6. The zero-order valence-electron chi connectivity index (χ0n) is 11.2. The number of hydrogen-bond acceptors (Lipinski definition) is 3. The minimum Gasteiger partial charge on any atom is -0.478 e. The van der Waals surface area contributed by atoms with Gasteiger partial charge in [-0.15, -0.1) is 0 Å². The molecule has 1 rings (SSSR count). The Morgan fingerprint density at radius 1 is 1.32 bits per heavy atom. The summed E-state index contributed by atoms with van der Waals surface area (Å²) in [7, 11) is 1.53. The molecule has 1 aromatic rings. The molecule has 0 atom stereocenters. The van der Waals surface area contributed by atoms with Crippen LogP contribution in [0.15, 0.2) is 18.2 Å². The summed E-state index contributed by atoms with van der Waals surface area (Å²) >= 11 is 0. The van der Waals surface area contributed by atoms with Crippen molar-refractivity contribution >= 4 is 17.6 Å². The van der Waals surface area contributed by atoms with Gasteiger partial charge in [0.25, 0.3) is 0 Å². The predicted octanol–water partition coefficient (Wildman–Crippen LogP) is 2.66. The summed E-state index contributed by atoms with van der Waals surface area (Å²) in [5.74, 6) is -1.13. The summed E-state index contributed by atoms with van der Waals surface area (Å²) in [6.07, 6.45) is 2.19. The Morgan fingerprint density at radius 3 is 2.63 bits per heavy atom. The number of unbranched alkanes of at least 4 members (excludes halogenated alkanes) is 1. The van der Waals surface area contributed by atoms with E-state index >= 15 is 0 Å². The molecule has 0 bridgehead atoms. The van der Waals surface area contributed by atoms with Gasteiger partial charge in [0.05, 0.1) is 12.2 Å². The Hall–Kier alpha value is -1.88. The predicted molar refractivity (Wildman–Crippen MR) is 72.3 cm³/mol. The summed E-state index contributed by atoms with van der Waals surface area (Å²) in [5, 5.41) is 11.7. The number of ether oxygens (including phenoxy) is 1. The van der Waals surface area contributed by atoms with Crippen LogP contribution >= 0.6 is 0 Å². The number of anilines is 1. The van der Waals surface area contributed by atoms with Crippen molar-refractivity contribution < 1.29 is 19.4 Å². The molecule has 0 aromatic heterocycles. The fourth-order valence-electron chi connectivity index (χ4n) is 1.70. The molecule has 19 heavy (non-hydrogen) atoms. The second-order valence-electron chi connectivity index (χ2n) is 4.31. The van der Waals surface area contributed by atoms with Crippen LogP contribution in [-0.2, 0) is 16.1 Å². The molecule has 0 heterocycles. The lowest BCUT2D eigenvalue weighted by Crippen LogP contribution is -2.12. The standard InChI is InChI=1S/C14H19NO4/c1-3-4-5-13(16)15-12-7-10(9-19-2)6-11(8-12)14(17)18/h6-8H,3-5,9H2,1-2H3,(H,15,16)(H,17,18). The van der Waals surface area contributed by atoms with E-state index in [0.29, 0.717) is 24.3 Å². The second kappa shape index (κ2) is 7.53. The third kappa shape index (κ3) is 5.09. The van der Waals surface area contributed by atoms with Gasteiger partial charge in [-0.2, -0.15) is 0 Å². The van der Waals surface area contributed by atoms with Crippen LogP contribution in [0.5, 0.6) is 0 Å². The Bertz CT molecular complexity index is 457. The highest BCUT2D eigenvalue weighted by atomic mass is 16.5. The van der Waals surface area contributed by atoms with Crippen molar-refractivity contribution in [3.05, 3.63) is 29.3 Å². The largest absolute Gasteiger partial charge is 0.478 e. The number of benzene rings is 1. The van der Waals surface area contributed by atoms with Crippen molar-refractivity contribution in [1.82, 2.24) is 0 Å². The van der Waals surface area contributed by atoms with E-state index in [-0.39, 0.29) is 11.5 Å². The van der Waals surface area contributed by atoms with Crippen LogP contribution in [0.2, 0.25) is 0 Å². The van der Waals surface area contributed by atoms with Crippen LogP contribution < -0.4 is 5.32 Å².